The van der Waals surface area contributed by atoms with Crippen LogP contribution in [0, 0.1) is 5.82 Å². The second-order valence-electron chi connectivity index (χ2n) is 3.51. The molecule has 1 heterocycles. The number of nitrogens with one attached hydrogen (secondary N) is 1. The number of hydrogen-bond acceptors (Lipinski definition) is 2. The van der Waals surface area contributed by atoms with Crippen molar-refractivity contribution < 1.29 is 4.39 Å². The molecule has 0 bridgehead atoms. The number of hydrogen-bond donors (Lipinski definition) is 1. The first-order valence-corrected chi connectivity index (χ1v) is 5.09. The average molecular weight is 217 g/mol. The monoisotopic (exact) mass is 216 g/mol. The molecule has 0 aliphatic rings. The van der Waals surface area contributed by atoms with E-state index in [0.29, 0.717) is 5.88 Å². The Kier molecular flexibility index (Phi) is 3.69. The Morgan fingerprint density at radius 3 is 2.86 bits per heavy atom. The van der Waals surface area contributed by atoms with Gasteiger partial charge in [-0.15, -0.1) is 11.6 Å². The maximum atomic E-state index is 13.2. The van der Waals surface area contributed by atoms with Crippen LogP contribution >= 0.6 is 11.6 Å². The van der Waals surface area contributed by atoms with E-state index in [4.69, 9.17) is 11.6 Å². The molecule has 0 radical (unpaired) electrons. The number of anilines is 1. The van der Waals surface area contributed by atoms with Crippen molar-refractivity contribution in [3.63, 3.8) is 0 Å². The number of pyridine rings is 1. The summed E-state index contributed by atoms with van der Waals surface area (Å²) < 4.78 is 13.2. The molecule has 1 rings (SSSR count). The number of nitrogens with zero attached hydrogens (tertiary/aromatic N) is 1. The summed E-state index contributed by atoms with van der Waals surface area (Å²) in [5, 5.41) is 3.00. The minimum Gasteiger partial charge on any atom is -0.361 e. The van der Waals surface area contributed by atoms with E-state index in [-0.39, 0.29) is 17.2 Å². The molecule has 0 spiro atoms. The Bertz CT molecular complexity index is 300. The smallest absolute Gasteiger partial charge is 0.165 e. The van der Waals surface area contributed by atoms with Crippen LogP contribution < -0.4 is 5.32 Å². The number of rotatable bonds is 4. The predicted octanol–water partition coefficient (Wildman–Crippen LogP) is 3.04. The Labute approximate surface area is 88.5 Å². The van der Waals surface area contributed by atoms with Gasteiger partial charge in [-0.3, -0.25) is 0 Å². The molecule has 0 fully saturated rings. The second-order valence-corrected chi connectivity index (χ2v) is 3.77. The van der Waals surface area contributed by atoms with Crippen LogP contribution in [0.1, 0.15) is 20.3 Å². The van der Waals surface area contributed by atoms with Gasteiger partial charge in [-0.1, -0.05) is 6.92 Å². The van der Waals surface area contributed by atoms with Crippen molar-refractivity contribution in [2.75, 3.05) is 11.2 Å². The molecule has 1 unspecified atom stereocenters. The highest BCUT2D eigenvalue weighted by Crippen LogP contribution is 2.19. The third-order valence-corrected chi connectivity index (χ3v) is 2.84. The van der Waals surface area contributed by atoms with Gasteiger partial charge in [-0.2, -0.15) is 0 Å². The van der Waals surface area contributed by atoms with Crippen LogP contribution in [-0.2, 0) is 0 Å². The summed E-state index contributed by atoms with van der Waals surface area (Å²) in [6.07, 6.45) is 2.36. The van der Waals surface area contributed by atoms with E-state index in [2.05, 4.69) is 10.3 Å². The zero-order chi connectivity index (χ0) is 10.6. The third kappa shape index (κ3) is 2.58. The van der Waals surface area contributed by atoms with Crippen molar-refractivity contribution in [3.05, 3.63) is 24.1 Å². The summed E-state index contributed by atoms with van der Waals surface area (Å²) in [5.74, 6) is 0.328. The van der Waals surface area contributed by atoms with Crippen molar-refractivity contribution in [2.45, 2.75) is 25.8 Å². The molecule has 0 aliphatic heterocycles. The maximum Gasteiger partial charge on any atom is 0.165 e. The van der Waals surface area contributed by atoms with Gasteiger partial charge in [0, 0.05) is 17.6 Å². The van der Waals surface area contributed by atoms with Crippen LogP contribution in [0.4, 0.5) is 10.2 Å². The van der Waals surface area contributed by atoms with E-state index in [1.165, 1.54) is 6.07 Å². The Morgan fingerprint density at radius 1 is 1.64 bits per heavy atom. The fraction of sp³-hybridized carbons (Fsp3) is 0.500. The van der Waals surface area contributed by atoms with Crippen molar-refractivity contribution >= 4 is 17.4 Å². The molecule has 0 amide bonds. The molecule has 4 heteroatoms. The van der Waals surface area contributed by atoms with Gasteiger partial charge in [0.1, 0.15) is 0 Å². The van der Waals surface area contributed by atoms with Crippen molar-refractivity contribution in [3.8, 4) is 0 Å². The largest absolute Gasteiger partial charge is 0.361 e. The van der Waals surface area contributed by atoms with Gasteiger partial charge in [0.25, 0.3) is 0 Å². The highest BCUT2D eigenvalue weighted by molar-refractivity contribution is 6.18. The number of aromatic nitrogens is 1. The van der Waals surface area contributed by atoms with E-state index in [1.807, 2.05) is 13.8 Å². The fourth-order valence-corrected chi connectivity index (χ4v) is 1.24. The topological polar surface area (TPSA) is 24.9 Å². The molecule has 14 heavy (non-hydrogen) atoms. The van der Waals surface area contributed by atoms with E-state index < -0.39 is 0 Å². The van der Waals surface area contributed by atoms with Gasteiger partial charge >= 0.3 is 0 Å². The molecule has 0 aromatic carbocycles. The van der Waals surface area contributed by atoms with Crippen molar-refractivity contribution in [1.82, 2.24) is 4.98 Å². The summed E-state index contributed by atoms with van der Waals surface area (Å²) in [7, 11) is 0. The second kappa shape index (κ2) is 4.60. The lowest BCUT2D eigenvalue weighted by Gasteiger charge is -2.27. The average Bonchev–Trinajstić information content (AvgIpc) is 2.21. The highest BCUT2D eigenvalue weighted by Gasteiger charge is 2.21. The van der Waals surface area contributed by atoms with Crippen LogP contribution in [0.25, 0.3) is 0 Å². The van der Waals surface area contributed by atoms with E-state index in [0.717, 1.165) is 6.42 Å². The highest BCUT2D eigenvalue weighted by atomic mass is 35.5. The van der Waals surface area contributed by atoms with Crippen LogP contribution in [0.3, 0.4) is 0 Å². The zero-order valence-corrected chi connectivity index (χ0v) is 9.11. The first kappa shape index (κ1) is 11.2. The maximum absolute atomic E-state index is 13.2. The van der Waals surface area contributed by atoms with Crippen LogP contribution in [0.15, 0.2) is 18.3 Å². The molecule has 1 aromatic heterocycles. The van der Waals surface area contributed by atoms with E-state index in [9.17, 15) is 4.39 Å². The molecular formula is C10H14ClFN2. The first-order chi connectivity index (χ1) is 6.61. The van der Waals surface area contributed by atoms with Gasteiger partial charge in [-0.25, -0.2) is 9.37 Å². The number of halogens is 2. The quantitative estimate of drug-likeness (QED) is 0.783. The van der Waals surface area contributed by atoms with Crippen LogP contribution in [0.5, 0.6) is 0 Å². The minimum atomic E-state index is -0.350. The molecule has 1 N–H and O–H groups in total. The van der Waals surface area contributed by atoms with Crippen molar-refractivity contribution in [2.24, 2.45) is 0 Å². The normalized spacial score (nSPS) is 14.9. The molecular weight excluding hydrogens is 203 g/mol. The van der Waals surface area contributed by atoms with E-state index in [1.54, 1.807) is 12.3 Å². The fourth-order valence-electron chi connectivity index (χ4n) is 0.980. The lowest BCUT2D eigenvalue weighted by Crippen LogP contribution is -2.36. The molecule has 1 aromatic rings. The third-order valence-electron chi connectivity index (χ3n) is 2.25. The molecule has 2 nitrogen and oxygen atoms in total. The standard InChI is InChI=1S/C10H14ClFN2/c1-3-10(2,7-11)14-9-8(12)5-4-6-13-9/h4-6H,3,7H2,1-2H3,(H,13,14). The summed E-state index contributed by atoms with van der Waals surface area (Å²) in [5.41, 5.74) is -0.309. The number of alkyl halides is 1. The SMILES string of the molecule is CCC(C)(CCl)Nc1ncccc1F. The Balaban J connectivity index is 2.82. The van der Waals surface area contributed by atoms with Crippen molar-refractivity contribution in [1.29, 1.82) is 0 Å². The summed E-state index contributed by atoms with van der Waals surface area (Å²) in [6.45, 7) is 3.93. The molecule has 0 saturated heterocycles. The lowest BCUT2D eigenvalue weighted by molar-refractivity contribution is 0.539. The van der Waals surface area contributed by atoms with Gasteiger partial charge in [-0.05, 0) is 25.5 Å². The van der Waals surface area contributed by atoms with E-state index >= 15 is 0 Å². The Hall–Kier alpha value is -0.830. The lowest BCUT2D eigenvalue weighted by atomic mass is 10.0. The molecule has 1 atom stereocenters. The van der Waals surface area contributed by atoms with Crippen LogP contribution in [0.2, 0.25) is 0 Å². The van der Waals surface area contributed by atoms with Gasteiger partial charge in [0.15, 0.2) is 11.6 Å². The zero-order valence-electron chi connectivity index (χ0n) is 8.35. The van der Waals surface area contributed by atoms with Gasteiger partial charge < -0.3 is 5.32 Å². The van der Waals surface area contributed by atoms with Gasteiger partial charge in [0.05, 0.1) is 0 Å². The summed E-state index contributed by atoms with van der Waals surface area (Å²) in [6, 6.07) is 2.93. The summed E-state index contributed by atoms with van der Waals surface area (Å²) in [4.78, 5) is 3.91. The Morgan fingerprint density at radius 2 is 2.36 bits per heavy atom. The van der Waals surface area contributed by atoms with Crippen LogP contribution in [-0.4, -0.2) is 16.4 Å². The minimum absolute atomic E-state index is 0.262. The predicted molar refractivity (Wildman–Crippen MR) is 57.2 cm³/mol. The molecule has 0 aliphatic carbocycles. The molecule has 0 saturated carbocycles. The molecule has 78 valence electrons. The van der Waals surface area contributed by atoms with Gasteiger partial charge in [0.2, 0.25) is 0 Å². The summed E-state index contributed by atoms with van der Waals surface area (Å²) >= 11 is 5.80. The first-order valence-electron chi connectivity index (χ1n) is 4.56.